The van der Waals surface area contributed by atoms with Crippen molar-refractivity contribution < 1.29 is 17.9 Å². The van der Waals surface area contributed by atoms with Crippen LogP contribution in [-0.2, 0) is 17.1 Å². The first-order valence-electron chi connectivity index (χ1n) is 10.6. The van der Waals surface area contributed by atoms with Crippen LogP contribution in [0, 0.1) is 0 Å². The lowest BCUT2D eigenvalue weighted by molar-refractivity contribution is 0.0998. The number of nitrogens with zero attached hydrogens (tertiary/aromatic N) is 2. The van der Waals surface area contributed by atoms with E-state index in [9.17, 15) is 13.2 Å². The van der Waals surface area contributed by atoms with Crippen LogP contribution in [0.25, 0.3) is 10.2 Å². The molecule has 0 fully saturated rings. The van der Waals surface area contributed by atoms with E-state index in [-0.39, 0.29) is 16.1 Å². The number of carbonyl (C=O) groups excluding carboxylic acids is 1. The number of amides is 1. The van der Waals surface area contributed by atoms with Gasteiger partial charge in [-0.05, 0) is 66.1 Å². The number of sulfonamides is 1. The smallest absolute Gasteiger partial charge is 0.279 e. The van der Waals surface area contributed by atoms with Crippen LogP contribution in [-0.4, -0.2) is 26.0 Å². The van der Waals surface area contributed by atoms with Crippen LogP contribution in [0.3, 0.4) is 0 Å². The van der Waals surface area contributed by atoms with Crippen molar-refractivity contribution in [1.29, 1.82) is 0 Å². The molecule has 0 saturated carbocycles. The number of fused-ring (bicyclic) bond motifs is 1. The molecular weight excluding hydrogens is 470 g/mol. The van der Waals surface area contributed by atoms with E-state index >= 15 is 0 Å². The number of aryl methyl sites for hydroxylation is 1. The highest BCUT2D eigenvalue weighted by Crippen LogP contribution is 2.23. The van der Waals surface area contributed by atoms with Crippen molar-refractivity contribution in [1.82, 2.24) is 4.57 Å². The molecule has 9 heteroatoms. The van der Waals surface area contributed by atoms with Gasteiger partial charge in [0.05, 0.1) is 22.2 Å². The minimum absolute atomic E-state index is 0.0905. The van der Waals surface area contributed by atoms with Gasteiger partial charge in [-0.2, -0.15) is 4.99 Å². The number of methoxy groups -OCH3 is 1. The number of carbonyl (C=O) groups is 1. The third kappa shape index (κ3) is 4.90. The number of aromatic nitrogens is 1. The molecule has 0 spiro atoms. The molecular formula is C25H25N3O4S2. The minimum Gasteiger partial charge on any atom is -0.497 e. The average Bonchev–Trinajstić information content (AvgIpc) is 3.13. The molecule has 4 aromatic rings. The number of hydrogen-bond acceptors (Lipinski definition) is 5. The fourth-order valence-corrected chi connectivity index (χ4v) is 5.57. The van der Waals surface area contributed by atoms with Gasteiger partial charge >= 0.3 is 0 Å². The highest BCUT2D eigenvalue weighted by atomic mass is 32.2. The standard InChI is InChI=1S/C25H25N3O4S2/c1-16(2)17-8-13-22-23(15-17)33-25(28(22)3)26-24(29)18-6-5-7-19(14-18)27-34(30,31)21-11-9-20(32-4)10-12-21/h5-16,27H,1-4H3. The predicted octanol–water partition coefficient (Wildman–Crippen LogP) is 4.91. The van der Waals surface area contributed by atoms with Gasteiger partial charge in [0.15, 0.2) is 4.80 Å². The van der Waals surface area contributed by atoms with Gasteiger partial charge in [0.25, 0.3) is 15.9 Å². The number of ether oxygens (including phenoxy) is 1. The van der Waals surface area contributed by atoms with Gasteiger partial charge in [0.2, 0.25) is 0 Å². The van der Waals surface area contributed by atoms with Crippen LogP contribution in [0.2, 0.25) is 0 Å². The molecule has 0 radical (unpaired) electrons. The van der Waals surface area contributed by atoms with Crippen LogP contribution < -0.4 is 14.3 Å². The van der Waals surface area contributed by atoms with Crippen molar-refractivity contribution in [3.8, 4) is 5.75 Å². The van der Waals surface area contributed by atoms with E-state index in [0.29, 0.717) is 16.5 Å². The summed E-state index contributed by atoms with van der Waals surface area (Å²) in [6.45, 7) is 4.28. The Morgan fingerprint density at radius 3 is 2.47 bits per heavy atom. The molecule has 0 aliphatic heterocycles. The van der Waals surface area contributed by atoms with Gasteiger partial charge < -0.3 is 9.30 Å². The van der Waals surface area contributed by atoms with E-state index in [4.69, 9.17) is 4.74 Å². The lowest BCUT2D eigenvalue weighted by Gasteiger charge is -2.09. The Balaban J connectivity index is 1.62. The molecule has 1 amide bonds. The fraction of sp³-hybridized carbons (Fsp3) is 0.200. The maximum absolute atomic E-state index is 12.9. The monoisotopic (exact) mass is 495 g/mol. The zero-order chi connectivity index (χ0) is 24.5. The molecule has 0 bridgehead atoms. The van der Waals surface area contributed by atoms with Crippen molar-refractivity contribution in [2.45, 2.75) is 24.7 Å². The van der Waals surface area contributed by atoms with Gasteiger partial charge in [-0.1, -0.05) is 37.3 Å². The Hall–Kier alpha value is -3.43. The Morgan fingerprint density at radius 2 is 1.79 bits per heavy atom. The molecule has 7 nitrogen and oxygen atoms in total. The molecule has 0 saturated heterocycles. The Bertz CT molecular complexity index is 1530. The fourth-order valence-electron chi connectivity index (χ4n) is 3.45. The summed E-state index contributed by atoms with van der Waals surface area (Å²) < 4.78 is 36.0. The van der Waals surface area contributed by atoms with Gasteiger partial charge in [-0.3, -0.25) is 9.52 Å². The van der Waals surface area contributed by atoms with Crippen LogP contribution >= 0.6 is 11.3 Å². The lowest BCUT2D eigenvalue weighted by Crippen LogP contribution is -2.14. The Kier molecular flexibility index (Phi) is 6.58. The van der Waals surface area contributed by atoms with Crippen molar-refractivity contribution in [2.24, 2.45) is 12.0 Å². The molecule has 0 aliphatic rings. The predicted molar refractivity (Wildman–Crippen MR) is 135 cm³/mol. The molecule has 0 atom stereocenters. The van der Waals surface area contributed by atoms with Gasteiger partial charge in [0.1, 0.15) is 5.75 Å². The van der Waals surface area contributed by atoms with E-state index in [1.54, 1.807) is 30.3 Å². The average molecular weight is 496 g/mol. The molecule has 4 rings (SSSR count). The van der Waals surface area contributed by atoms with E-state index in [1.165, 1.54) is 42.2 Å². The first-order valence-corrected chi connectivity index (χ1v) is 12.9. The first kappa shape index (κ1) is 23.7. The molecule has 1 aromatic heterocycles. The SMILES string of the molecule is COc1ccc(S(=O)(=O)Nc2cccc(C(=O)N=c3sc4cc(C(C)C)ccc4n3C)c2)cc1. The van der Waals surface area contributed by atoms with Crippen molar-refractivity contribution in [3.63, 3.8) is 0 Å². The largest absolute Gasteiger partial charge is 0.497 e. The molecule has 1 N–H and O–H groups in total. The highest BCUT2D eigenvalue weighted by Gasteiger charge is 2.16. The maximum Gasteiger partial charge on any atom is 0.279 e. The summed E-state index contributed by atoms with van der Waals surface area (Å²) in [4.78, 5) is 17.9. The second-order valence-electron chi connectivity index (χ2n) is 8.10. The van der Waals surface area contributed by atoms with Gasteiger partial charge in [0, 0.05) is 18.3 Å². The van der Waals surface area contributed by atoms with E-state index < -0.39 is 15.9 Å². The third-order valence-corrected chi connectivity index (χ3v) is 7.92. The number of rotatable bonds is 6. The van der Waals surface area contributed by atoms with Crippen LogP contribution in [0.15, 0.2) is 76.6 Å². The Labute approximate surface area is 202 Å². The molecule has 0 aliphatic carbocycles. The zero-order valence-electron chi connectivity index (χ0n) is 19.3. The summed E-state index contributed by atoms with van der Waals surface area (Å²) in [6.07, 6.45) is 0. The highest BCUT2D eigenvalue weighted by molar-refractivity contribution is 7.92. The van der Waals surface area contributed by atoms with Crippen molar-refractivity contribution in [2.75, 3.05) is 11.8 Å². The number of thiazole rings is 1. The quantitative estimate of drug-likeness (QED) is 0.411. The van der Waals surface area contributed by atoms with E-state index in [0.717, 1.165) is 10.2 Å². The van der Waals surface area contributed by atoms with Crippen molar-refractivity contribution >= 4 is 43.2 Å². The Morgan fingerprint density at radius 1 is 1.06 bits per heavy atom. The van der Waals surface area contributed by atoms with E-state index in [2.05, 4.69) is 35.7 Å². The lowest BCUT2D eigenvalue weighted by atomic mass is 10.0. The second kappa shape index (κ2) is 9.44. The first-order chi connectivity index (χ1) is 16.2. The van der Waals surface area contributed by atoms with Crippen LogP contribution in [0.1, 0.15) is 35.7 Å². The summed E-state index contributed by atoms with van der Waals surface area (Å²) in [7, 11) is -0.439. The normalized spacial score (nSPS) is 12.3. The summed E-state index contributed by atoms with van der Waals surface area (Å²) >= 11 is 1.45. The third-order valence-electron chi connectivity index (χ3n) is 5.43. The van der Waals surface area contributed by atoms with E-state index in [1.807, 2.05) is 17.7 Å². The molecule has 0 unspecified atom stereocenters. The van der Waals surface area contributed by atoms with Crippen LogP contribution in [0.5, 0.6) is 5.75 Å². The van der Waals surface area contributed by atoms with Crippen molar-refractivity contribution in [3.05, 3.63) is 82.7 Å². The molecule has 34 heavy (non-hydrogen) atoms. The van der Waals surface area contributed by atoms with Gasteiger partial charge in [-0.25, -0.2) is 8.42 Å². The topological polar surface area (TPSA) is 89.8 Å². The minimum atomic E-state index is -3.82. The number of hydrogen-bond donors (Lipinski definition) is 1. The number of nitrogens with one attached hydrogen (secondary N) is 1. The number of benzene rings is 3. The molecule has 1 heterocycles. The summed E-state index contributed by atoms with van der Waals surface area (Å²) in [5.74, 6) is 0.517. The van der Waals surface area contributed by atoms with Gasteiger partial charge in [-0.15, -0.1) is 0 Å². The second-order valence-corrected chi connectivity index (χ2v) is 10.8. The molecule has 3 aromatic carbocycles. The number of anilines is 1. The van der Waals surface area contributed by atoms with Crippen LogP contribution in [0.4, 0.5) is 5.69 Å². The zero-order valence-corrected chi connectivity index (χ0v) is 20.9. The maximum atomic E-state index is 12.9. The summed E-state index contributed by atoms with van der Waals surface area (Å²) in [6, 6.07) is 18.6. The summed E-state index contributed by atoms with van der Waals surface area (Å²) in [5.41, 5.74) is 2.79. The molecule has 176 valence electrons. The summed E-state index contributed by atoms with van der Waals surface area (Å²) in [5, 5.41) is 0.